The first-order valence-corrected chi connectivity index (χ1v) is 10.00. The van der Waals surface area contributed by atoms with E-state index in [1.807, 2.05) is 0 Å². The van der Waals surface area contributed by atoms with Crippen LogP contribution in [0.15, 0.2) is 41.3 Å². The molecular formula is C20H16N2O6S2. The zero-order valence-corrected chi connectivity index (χ0v) is 17.6. The van der Waals surface area contributed by atoms with Crippen molar-refractivity contribution < 1.29 is 24.0 Å². The van der Waals surface area contributed by atoms with Gasteiger partial charge in [-0.25, -0.2) is 4.79 Å². The minimum Gasteiger partial charge on any atom is -0.490 e. The van der Waals surface area contributed by atoms with Gasteiger partial charge in [0.2, 0.25) is 0 Å². The molecule has 1 heterocycles. The molecule has 8 nitrogen and oxygen atoms in total. The number of rotatable bonds is 6. The number of nitrogens with one attached hydrogen (secondary N) is 1. The highest BCUT2D eigenvalue weighted by Crippen LogP contribution is 2.32. The number of carbonyl (C=O) groups is 2. The third kappa shape index (κ3) is 4.84. The van der Waals surface area contributed by atoms with Gasteiger partial charge >= 0.3 is 5.97 Å². The zero-order valence-electron chi connectivity index (χ0n) is 16.0. The van der Waals surface area contributed by atoms with Crippen LogP contribution in [-0.2, 0) is 4.79 Å². The van der Waals surface area contributed by atoms with Gasteiger partial charge in [0.1, 0.15) is 4.32 Å². The topological polar surface area (TPSA) is 108 Å². The van der Waals surface area contributed by atoms with Gasteiger partial charge in [0.15, 0.2) is 11.5 Å². The summed E-state index contributed by atoms with van der Waals surface area (Å²) >= 11 is 6.12. The number of esters is 1. The van der Waals surface area contributed by atoms with Crippen LogP contribution in [0.2, 0.25) is 0 Å². The average Bonchev–Trinajstić information content (AvgIpc) is 3.00. The number of hydrogen-bond acceptors (Lipinski definition) is 8. The maximum Gasteiger partial charge on any atom is 0.343 e. The number of thioether (sulfide) groups is 1. The first kappa shape index (κ1) is 21.5. The second-order valence-corrected chi connectivity index (χ2v) is 7.86. The molecule has 0 saturated carbocycles. The smallest absolute Gasteiger partial charge is 0.343 e. The summed E-state index contributed by atoms with van der Waals surface area (Å²) in [5.41, 5.74) is 1.04. The highest BCUT2D eigenvalue weighted by atomic mass is 32.2. The van der Waals surface area contributed by atoms with E-state index in [9.17, 15) is 19.7 Å². The Kier molecular flexibility index (Phi) is 6.48. The normalized spacial score (nSPS) is 14.5. The van der Waals surface area contributed by atoms with Crippen LogP contribution < -0.4 is 14.8 Å². The number of benzene rings is 2. The average molecular weight is 444 g/mol. The quantitative estimate of drug-likeness (QED) is 0.178. The highest BCUT2D eigenvalue weighted by Gasteiger charge is 2.22. The van der Waals surface area contributed by atoms with E-state index in [-0.39, 0.29) is 22.9 Å². The third-order valence-corrected chi connectivity index (χ3v) is 5.20. The van der Waals surface area contributed by atoms with E-state index in [0.717, 1.165) is 11.8 Å². The highest BCUT2D eigenvalue weighted by molar-refractivity contribution is 8.26. The second kappa shape index (κ2) is 9.06. The van der Waals surface area contributed by atoms with Gasteiger partial charge in [-0.1, -0.05) is 30.0 Å². The van der Waals surface area contributed by atoms with E-state index in [1.165, 1.54) is 18.2 Å². The van der Waals surface area contributed by atoms with Gasteiger partial charge in [-0.15, -0.1) is 0 Å². The van der Waals surface area contributed by atoms with E-state index in [2.05, 4.69) is 5.32 Å². The number of aryl methyl sites for hydroxylation is 1. The minimum absolute atomic E-state index is 0.0829. The van der Waals surface area contributed by atoms with Crippen molar-refractivity contribution >= 4 is 51.9 Å². The van der Waals surface area contributed by atoms with E-state index >= 15 is 0 Å². The Morgan fingerprint density at radius 2 is 2.03 bits per heavy atom. The van der Waals surface area contributed by atoms with Crippen molar-refractivity contribution in [1.82, 2.24) is 5.32 Å². The molecule has 2 aromatic rings. The van der Waals surface area contributed by atoms with Crippen LogP contribution in [0, 0.1) is 17.0 Å². The number of carbonyl (C=O) groups excluding carboxylic acids is 2. The molecule has 0 unspecified atom stereocenters. The molecule has 0 bridgehead atoms. The van der Waals surface area contributed by atoms with Crippen LogP contribution in [0.1, 0.15) is 28.4 Å². The maximum atomic E-state index is 12.6. The van der Waals surface area contributed by atoms with E-state index < -0.39 is 10.9 Å². The molecule has 154 valence electrons. The van der Waals surface area contributed by atoms with Gasteiger partial charge in [-0.05, 0) is 49.8 Å². The van der Waals surface area contributed by atoms with Crippen molar-refractivity contribution in [2.45, 2.75) is 13.8 Å². The summed E-state index contributed by atoms with van der Waals surface area (Å²) < 4.78 is 11.4. The van der Waals surface area contributed by atoms with Crippen molar-refractivity contribution in [3.05, 3.63) is 68.1 Å². The summed E-state index contributed by atoms with van der Waals surface area (Å²) in [7, 11) is 0. The molecule has 0 spiro atoms. The van der Waals surface area contributed by atoms with Crippen LogP contribution in [-0.4, -0.2) is 27.7 Å². The van der Waals surface area contributed by atoms with E-state index in [0.29, 0.717) is 32.7 Å². The fraction of sp³-hybridized carbons (Fsp3) is 0.150. The molecule has 10 heteroatoms. The SMILES string of the molecule is CCOc1ccc(/C=C2/SC(=S)NC2=O)cc1OC(=O)c1ccc([N+](=O)[O-])c(C)c1. The number of nitro groups is 1. The predicted octanol–water partition coefficient (Wildman–Crippen LogP) is 4.01. The summed E-state index contributed by atoms with van der Waals surface area (Å²) in [5, 5.41) is 13.5. The Bertz CT molecular complexity index is 1100. The molecule has 1 aliphatic heterocycles. The largest absolute Gasteiger partial charge is 0.490 e. The van der Waals surface area contributed by atoms with Crippen molar-refractivity contribution in [3.63, 3.8) is 0 Å². The molecule has 1 N–H and O–H groups in total. The lowest BCUT2D eigenvalue weighted by Crippen LogP contribution is -2.17. The number of thiocarbonyl (C=S) groups is 1. The first-order chi connectivity index (χ1) is 14.3. The fourth-order valence-corrected chi connectivity index (χ4v) is 3.73. The number of nitrogens with zero attached hydrogens (tertiary/aromatic N) is 1. The van der Waals surface area contributed by atoms with Crippen LogP contribution in [0.5, 0.6) is 11.5 Å². The van der Waals surface area contributed by atoms with Gasteiger partial charge in [0.05, 0.1) is 22.0 Å². The van der Waals surface area contributed by atoms with Crippen LogP contribution in [0.3, 0.4) is 0 Å². The van der Waals surface area contributed by atoms with Gasteiger partial charge in [0, 0.05) is 11.6 Å². The summed E-state index contributed by atoms with van der Waals surface area (Å²) in [5.74, 6) is -0.462. The Balaban J connectivity index is 1.90. The Morgan fingerprint density at radius 1 is 1.27 bits per heavy atom. The van der Waals surface area contributed by atoms with Crippen molar-refractivity contribution in [1.29, 1.82) is 0 Å². The van der Waals surface area contributed by atoms with Crippen molar-refractivity contribution in [2.24, 2.45) is 0 Å². The van der Waals surface area contributed by atoms with Gasteiger partial charge < -0.3 is 14.8 Å². The van der Waals surface area contributed by atoms with Crippen LogP contribution >= 0.6 is 24.0 Å². The summed E-state index contributed by atoms with van der Waals surface area (Å²) in [6, 6.07) is 8.92. The standard InChI is InChI=1S/C20H16N2O6S2/c1-3-27-15-7-4-12(10-17-18(23)21-20(29)30-17)9-16(15)28-19(24)13-5-6-14(22(25)26)11(2)8-13/h4-10H,3H2,1-2H3,(H,21,23,29)/b17-10+. The van der Waals surface area contributed by atoms with Crippen molar-refractivity contribution in [3.8, 4) is 11.5 Å². The Labute approximate surface area is 181 Å². The molecule has 0 atom stereocenters. The predicted molar refractivity (Wildman–Crippen MR) is 117 cm³/mol. The van der Waals surface area contributed by atoms with Gasteiger partial charge in [0.25, 0.3) is 11.6 Å². The lowest BCUT2D eigenvalue weighted by Gasteiger charge is -2.12. The molecule has 1 aliphatic rings. The van der Waals surface area contributed by atoms with Crippen molar-refractivity contribution in [2.75, 3.05) is 6.61 Å². The van der Waals surface area contributed by atoms with E-state index in [1.54, 1.807) is 38.1 Å². The molecular weight excluding hydrogens is 428 g/mol. The van der Waals surface area contributed by atoms with Gasteiger partial charge in [-0.3, -0.25) is 14.9 Å². The minimum atomic E-state index is -0.687. The number of nitro benzene ring substituents is 1. The lowest BCUT2D eigenvalue weighted by atomic mass is 10.1. The monoisotopic (exact) mass is 444 g/mol. The Hall–Kier alpha value is -3.24. The Morgan fingerprint density at radius 3 is 2.63 bits per heavy atom. The molecule has 1 amide bonds. The molecule has 30 heavy (non-hydrogen) atoms. The van der Waals surface area contributed by atoms with Gasteiger partial charge in [-0.2, -0.15) is 0 Å². The number of ether oxygens (including phenoxy) is 2. The molecule has 1 fully saturated rings. The number of hydrogen-bond donors (Lipinski definition) is 1. The summed E-state index contributed by atoms with van der Waals surface area (Å²) in [6.07, 6.45) is 1.63. The molecule has 0 radical (unpaired) electrons. The van der Waals surface area contributed by atoms with E-state index in [4.69, 9.17) is 21.7 Å². The fourth-order valence-electron chi connectivity index (χ4n) is 2.69. The molecule has 1 saturated heterocycles. The number of amides is 1. The molecule has 2 aromatic carbocycles. The molecule has 0 aliphatic carbocycles. The van der Waals surface area contributed by atoms with Crippen LogP contribution in [0.4, 0.5) is 5.69 Å². The molecule has 0 aromatic heterocycles. The molecule has 3 rings (SSSR count). The lowest BCUT2D eigenvalue weighted by molar-refractivity contribution is -0.385. The summed E-state index contributed by atoms with van der Waals surface area (Å²) in [4.78, 5) is 35.3. The summed E-state index contributed by atoms with van der Waals surface area (Å²) in [6.45, 7) is 3.69. The third-order valence-electron chi connectivity index (χ3n) is 4.04. The zero-order chi connectivity index (χ0) is 21.8. The first-order valence-electron chi connectivity index (χ1n) is 8.77. The maximum absolute atomic E-state index is 12.6. The van der Waals surface area contributed by atoms with Crippen LogP contribution in [0.25, 0.3) is 6.08 Å². The second-order valence-electron chi connectivity index (χ2n) is 6.14.